The zero-order valence-electron chi connectivity index (χ0n) is 12.4. The quantitative estimate of drug-likeness (QED) is 0.683. The largest absolute Gasteiger partial charge is 0.357 e. The van der Waals surface area contributed by atoms with E-state index < -0.39 is 0 Å². The fraction of sp³-hybridized carbons (Fsp3) is 0.714. The Bertz CT molecular complexity index is 450. The highest BCUT2D eigenvalue weighted by molar-refractivity contribution is 7.11. The standard InChI is InChI=1S/C14H24N4S/c1-5-15-13(18-7-6-14(3,4)10-18)17-9-12-8-16-11(2)19-12/h8H,5-7,9-10H2,1-4H3,(H,15,17). The number of nitrogens with zero attached hydrogens (tertiary/aromatic N) is 3. The Kier molecular flexibility index (Phi) is 4.45. The molecule has 0 unspecified atom stereocenters. The number of guanidine groups is 1. The zero-order chi connectivity index (χ0) is 13.9. The van der Waals surface area contributed by atoms with Crippen molar-refractivity contribution < 1.29 is 0 Å². The third-order valence-corrected chi connectivity index (χ3v) is 4.26. The SMILES string of the molecule is CCNC(=NCc1cnc(C)s1)N1CCC(C)(C)C1. The van der Waals surface area contributed by atoms with E-state index in [-0.39, 0.29) is 0 Å². The van der Waals surface area contributed by atoms with E-state index in [1.54, 1.807) is 11.3 Å². The maximum atomic E-state index is 4.75. The molecule has 2 heterocycles. The summed E-state index contributed by atoms with van der Waals surface area (Å²) < 4.78 is 0. The van der Waals surface area contributed by atoms with Gasteiger partial charge in [0.2, 0.25) is 0 Å². The summed E-state index contributed by atoms with van der Waals surface area (Å²) in [6.45, 7) is 12.6. The number of aromatic nitrogens is 1. The average molecular weight is 280 g/mol. The van der Waals surface area contributed by atoms with Crippen molar-refractivity contribution >= 4 is 17.3 Å². The van der Waals surface area contributed by atoms with Crippen LogP contribution in [0, 0.1) is 12.3 Å². The molecule has 1 aromatic heterocycles. The molecule has 1 aliphatic heterocycles. The van der Waals surface area contributed by atoms with Crippen LogP contribution in [0.2, 0.25) is 0 Å². The smallest absolute Gasteiger partial charge is 0.194 e. The summed E-state index contributed by atoms with van der Waals surface area (Å²) in [5.41, 5.74) is 0.400. The van der Waals surface area contributed by atoms with Gasteiger partial charge in [-0.1, -0.05) is 13.8 Å². The van der Waals surface area contributed by atoms with Crippen LogP contribution in [0.1, 0.15) is 37.1 Å². The van der Waals surface area contributed by atoms with Crippen LogP contribution in [0.5, 0.6) is 0 Å². The molecule has 4 nitrogen and oxygen atoms in total. The van der Waals surface area contributed by atoms with Gasteiger partial charge in [-0.15, -0.1) is 11.3 Å². The Morgan fingerprint density at radius 1 is 1.58 bits per heavy atom. The molecule has 2 rings (SSSR count). The van der Waals surface area contributed by atoms with E-state index in [0.717, 1.165) is 37.1 Å². The summed E-state index contributed by atoms with van der Waals surface area (Å²) in [5.74, 6) is 1.04. The molecule has 106 valence electrons. The molecule has 1 saturated heterocycles. The Balaban J connectivity index is 2.03. The van der Waals surface area contributed by atoms with Crippen LogP contribution >= 0.6 is 11.3 Å². The van der Waals surface area contributed by atoms with Crippen LogP contribution < -0.4 is 5.32 Å². The first-order valence-electron chi connectivity index (χ1n) is 6.95. The number of thiazole rings is 1. The maximum absolute atomic E-state index is 4.75. The number of rotatable bonds is 3. The minimum atomic E-state index is 0.400. The highest BCUT2D eigenvalue weighted by atomic mass is 32.1. The van der Waals surface area contributed by atoms with Crippen molar-refractivity contribution in [2.75, 3.05) is 19.6 Å². The van der Waals surface area contributed by atoms with Crippen molar-refractivity contribution in [3.8, 4) is 0 Å². The van der Waals surface area contributed by atoms with Gasteiger partial charge in [-0.2, -0.15) is 0 Å². The van der Waals surface area contributed by atoms with Crippen molar-refractivity contribution in [3.05, 3.63) is 16.1 Å². The molecule has 0 amide bonds. The van der Waals surface area contributed by atoms with Gasteiger partial charge < -0.3 is 10.2 Å². The molecule has 1 aliphatic rings. The van der Waals surface area contributed by atoms with Crippen LogP contribution in [0.3, 0.4) is 0 Å². The minimum Gasteiger partial charge on any atom is -0.357 e. The number of hydrogen-bond donors (Lipinski definition) is 1. The van der Waals surface area contributed by atoms with E-state index in [2.05, 4.69) is 36.0 Å². The van der Waals surface area contributed by atoms with Crippen molar-refractivity contribution in [3.63, 3.8) is 0 Å². The molecule has 0 aliphatic carbocycles. The Morgan fingerprint density at radius 3 is 2.89 bits per heavy atom. The Morgan fingerprint density at radius 2 is 2.37 bits per heavy atom. The van der Waals surface area contributed by atoms with Gasteiger partial charge in [0.15, 0.2) is 5.96 Å². The third kappa shape index (κ3) is 3.93. The van der Waals surface area contributed by atoms with Crippen LogP contribution in [-0.2, 0) is 6.54 Å². The van der Waals surface area contributed by atoms with E-state index >= 15 is 0 Å². The number of aliphatic imine (C=N–C) groups is 1. The first-order chi connectivity index (χ1) is 9.00. The van der Waals surface area contributed by atoms with E-state index in [0.29, 0.717) is 5.41 Å². The Hall–Kier alpha value is -1.10. The molecule has 19 heavy (non-hydrogen) atoms. The van der Waals surface area contributed by atoms with Crippen molar-refractivity contribution in [1.82, 2.24) is 15.2 Å². The number of hydrogen-bond acceptors (Lipinski definition) is 3. The minimum absolute atomic E-state index is 0.400. The molecule has 0 saturated carbocycles. The molecule has 0 radical (unpaired) electrons. The summed E-state index contributed by atoms with van der Waals surface area (Å²) >= 11 is 1.73. The van der Waals surface area contributed by atoms with Gasteiger partial charge in [0.25, 0.3) is 0 Å². The second kappa shape index (κ2) is 5.90. The van der Waals surface area contributed by atoms with Crippen LogP contribution in [-0.4, -0.2) is 35.5 Å². The molecule has 1 N–H and O–H groups in total. The van der Waals surface area contributed by atoms with Gasteiger partial charge in [0.05, 0.1) is 11.6 Å². The lowest BCUT2D eigenvalue weighted by Gasteiger charge is -2.23. The molecule has 1 aromatic rings. The van der Waals surface area contributed by atoms with E-state index in [1.807, 2.05) is 13.1 Å². The van der Waals surface area contributed by atoms with E-state index in [4.69, 9.17) is 4.99 Å². The number of aryl methyl sites for hydroxylation is 1. The van der Waals surface area contributed by atoms with E-state index in [9.17, 15) is 0 Å². The second-order valence-electron chi connectivity index (χ2n) is 5.85. The van der Waals surface area contributed by atoms with Gasteiger partial charge in [-0.3, -0.25) is 0 Å². The van der Waals surface area contributed by atoms with Gasteiger partial charge in [-0.05, 0) is 25.7 Å². The van der Waals surface area contributed by atoms with Gasteiger partial charge in [0, 0.05) is 30.7 Å². The van der Waals surface area contributed by atoms with Crippen molar-refractivity contribution in [2.24, 2.45) is 10.4 Å². The summed E-state index contributed by atoms with van der Waals surface area (Å²) in [6.07, 6.45) is 3.16. The number of likely N-dealkylation sites (tertiary alicyclic amines) is 1. The van der Waals surface area contributed by atoms with Gasteiger partial charge in [0.1, 0.15) is 0 Å². The summed E-state index contributed by atoms with van der Waals surface area (Å²) in [5, 5.41) is 4.51. The lowest BCUT2D eigenvalue weighted by atomic mass is 9.93. The zero-order valence-corrected chi connectivity index (χ0v) is 13.2. The molecule has 5 heteroatoms. The molecule has 0 spiro atoms. The summed E-state index contributed by atoms with van der Waals surface area (Å²) in [7, 11) is 0. The van der Waals surface area contributed by atoms with Crippen LogP contribution in [0.25, 0.3) is 0 Å². The monoisotopic (exact) mass is 280 g/mol. The molecule has 0 atom stereocenters. The molecule has 0 bridgehead atoms. The molecular weight excluding hydrogens is 256 g/mol. The lowest BCUT2D eigenvalue weighted by Crippen LogP contribution is -2.40. The lowest BCUT2D eigenvalue weighted by molar-refractivity contribution is 0.370. The molecular formula is C14H24N4S. The fourth-order valence-corrected chi connectivity index (χ4v) is 3.07. The van der Waals surface area contributed by atoms with Gasteiger partial charge in [-0.25, -0.2) is 9.98 Å². The fourth-order valence-electron chi connectivity index (χ4n) is 2.35. The van der Waals surface area contributed by atoms with Crippen molar-refractivity contribution in [2.45, 2.75) is 40.7 Å². The molecule has 1 fully saturated rings. The third-order valence-electron chi connectivity index (χ3n) is 3.37. The second-order valence-corrected chi connectivity index (χ2v) is 7.17. The van der Waals surface area contributed by atoms with E-state index in [1.165, 1.54) is 11.3 Å². The maximum Gasteiger partial charge on any atom is 0.194 e. The van der Waals surface area contributed by atoms with Crippen molar-refractivity contribution in [1.29, 1.82) is 0 Å². The normalized spacial score (nSPS) is 18.9. The van der Waals surface area contributed by atoms with Crippen LogP contribution in [0.4, 0.5) is 0 Å². The summed E-state index contributed by atoms with van der Waals surface area (Å²) in [6, 6.07) is 0. The first kappa shape index (κ1) is 14.3. The number of nitrogens with one attached hydrogen (secondary N) is 1. The highest BCUT2D eigenvalue weighted by Gasteiger charge is 2.30. The predicted molar refractivity (Wildman–Crippen MR) is 81.6 cm³/mol. The first-order valence-corrected chi connectivity index (χ1v) is 7.76. The highest BCUT2D eigenvalue weighted by Crippen LogP contribution is 2.28. The topological polar surface area (TPSA) is 40.5 Å². The predicted octanol–water partition coefficient (Wildman–Crippen LogP) is 2.65. The van der Waals surface area contributed by atoms with Crippen LogP contribution in [0.15, 0.2) is 11.2 Å². The van der Waals surface area contributed by atoms with Gasteiger partial charge >= 0.3 is 0 Å². The average Bonchev–Trinajstić information content (AvgIpc) is 2.91. The molecule has 0 aromatic carbocycles. The Labute approximate surface area is 120 Å². The summed E-state index contributed by atoms with van der Waals surface area (Å²) in [4.78, 5) is 12.6.